The fourth-order valence-corrected chi connectivity index (χ4v) is 2.57. The summed E-state index contributed by atoms with van der Waals surface area (Å²) in [5.74, 6) is -1.29. The quantitative estimate of drug-likeness (QED) is 0.477. The molecule has 0 unspecified atom stereocenters. The van der Waals surface area contributed by atoms with E-state index in [9.17, 15) is 18.9 Å². The van der Waals surface area contributed by atoms with Crippen LogP contribution in [0.25, 0.3) is 11.4 Å². The van der Waals surface area contributed by atoms with Gasteiger partial charge in [0.05, 0.1) is 21.9 Å². The largest absolute Gasteiger partial charge is 0.308 e. The first-order valence-corrected chi connectivity index (χ1v) is 7.28. The topological polar surface area (TPSA) is 73.8 Å². The molecule has 1 aliphatic rings. The van der Waals surface area contributed by atoms with Crippen LogP contribution in [0.4, 0.5) is 14.5 Å². The third-order valence-electron chi connectivity index (χ3n) is 3.25. The average Bonchev–Trinajstić information content (AvgIpc) is 3.20. The number of nitrogens with zero attached hydrogens (tertiary/aromatic N) is 4. The molecule has 3 rings (SSSR count). The average molecular weight is 359 g/mol. The summed E-state index contributed by atoms with van der Waals surface area (Å²) in [6.07, 6.45) is 1.79. The first-order chi connectivity index (χ1) is 10.0. The summed E-state index contributed by atoms with van der Waals surface area (Å²) >= 11 is 3.26. The van der Waals surface area contributed by atoms with E-state index in [1.54, 1.807) is 4.57 Å². The van der Waals surface area contributed by atoms with Gasteiger partial charge in [0, 0.05) is 6.04 Å². The van der Waals surface area contributed by atoms with Crippen molar-refractivity contribution in [2.24, 2.45) is 0 Å². The Labute approximate surface area is 126 Å². The van der Waals surface area contributed by atoms with Crippen molar-refractivity contribution >= 4 is 21.6 Å². The van der Waals surface area contributed by atoms with Crippen molar-refractivity contribution in [1.29, 1.82) is 0 Å². The van der Waals surface area contributed by atoms with E-state index in [0.717, 1.165) is 18.9 Å². The standard InChI is InChI=1S/C12H9BrF2N4O2/c13-5-10-16-17-12(18(10)7-1-2-7)8-3-6(14)4-9(11(8)15)19(20)21/h3-4,7H,1-2,5H2. The van der Waals surface area contributed by atoms with E-state index in [1.165, 1.54) is 0 Å². The van der Waals surface area contributed by atoms with Crippen molar-refractivity contribution in [3.05, 3.63) is 39.7 Å². The lowest BCUT2D eigenvalue weighted by molar-refractivity contribution is -0.387. The molecule has 0 spiro atoms. The van der Waals surface area contributed by atoms with Gasteiger partial charge in [-0.05, 0) is 18.9 Å². The van der Waals surface area contributed by atoms with E-state index in [1.807, 2.05) is 0 Å². The van der Waals surface area contributed by atoms with Gasteiger partial charge in [-0.15, -0.1) is 10.2 Å². The zero-order chi connectivity index (χ0) is 15.1. The summed E-state index contributed by atoms with van der Waals surface area (Å²) in [6.45, 7) is 0. The highest BCUT2D eigenvalue weighted by Crippen LogP contribution is 2.40. The number of aromatic nitrogens is 3. The van der Waals surface area contributed by atoms with Gasteiger partial charge in [-0.3, -0.25) is 10.1 Å². The number of hydrogen-bond acceptors (Lipinski definition) is 4. The van der Waals surface area contributed by atoms with Crippen LogP contribution >= 0.6 is 15.9 Å². The molecule has 0 saturated heterocycles. The van der Waals surface area contributed by atoms with Crippen LogP contribution in [0.2, 0.25) is 0 Å². The van der Waals surface area contributed by atoms with E-state index in [4.69, 9.17) is 0 Å². The highest BCUT2D eigenvalue weighted by atomic mass is 79.9. The molecule has 0 aliphatic heterocycles. The molecule has 21 heavy (non-hydrogen) atoms. The fraction of sp³-hybridized carbons (Fsp3) is 0.333. The Morgan fingerprint density at radius 2 is 2.10 bits per heavy atom. The van der Waals surface area contributed by atoms with Crippen LogP contribution in [-0.4, -0.2) is 19.7 Å². The third-order valence-corrected chi connectivity index (χ3v) is 3.76. The van der Waals surface area contributed by atoms with Gasteiger partial charge in [0.2, 0.25) is 5.82 Å². The van der Waals surface area contributed by atoms with Crippen LogP contribution < -0.4 is 0 Å². The summed E-state index contributed by atoms with van der Waals surface area (Å²) in [5, 5.41) is 19.0. The smallest absolute Gasteiger partial charge is 0.307 e. The van der Waals surface area contributed by atoms with Crippen LogP contribution in [0.15, 0.2) is 12.1 Å². The highest BCUT2D eigenvalue weighted by Gasteiger charge is 2.32. The summed E-state index contributed by atoms with van der Waals surface area (Å²) in [6, 6.07) is 1.59. The molecule has 1 fully saturated rings. The Morgan fingerprint density at radius 3 is 2.67 bits per heavy atom. The molecule has 1 heterocycles. The Bertz CT molecular complexity index is 730. The van der Waals surface area contributed by atoms with Gasteiger partial charge in [0.25, 0.3) is 0 Å². The van der Waals surface area contributed by atoms with E-state index < -0.39 is 22.2 Å². The predicted molar refractivity (Wildman–Crippen MR) is 72.9 cm³/mol. The molecule has 1 aromatic carbocycles. The lowest BCUT2D eigenvalue weighted by atomic mass is 10.1. The third kappa shape index (κ3) is 2.41. The number of alkyl halides is 1. The molecule has 6 nitrogen and oxygen atoms in total. The van der Waals surface area contributed by atoms with Gasteiger partial charge in [0.15, 0.2) is 5.82 Å². The maximum Gasteiger partial charge on any atom is 0.308 e. The predicted octanol–water partition coefficient (Wildman–Crippen LogP) is 3.36. The number of rotatable bonds is 4. The molecule has 1 aliphatic carbocycles. The number of nitro groups is 1. The normalized spacial score (nSPS) is 14.4. The second-order valence-electron chi connectivity index (χ2n) is 4.72. The van der Waals surface area contributed by atoms with Gasteiger partial charge in [0.1, 0.15) is 11.6 Å². The molecule has 0 N–H and O–H groups in total. The summed E-state index contributed by atoms with van der Waals surface area (Å²) in [7, 11) is 0. The van der Waals surface area contributed by atoms with Crippen molar-refractivity contribution in [3.63, 3.8) is 0 Å². The number of hydrogen-bond donors (Lipinski definition) is 0. The SMILES string of the molecule is O=[N+]([O-])c1cc(F)cc(-c2nnc(CBr)n2C2CC2)c1F. The molecule has 0 amide bonds. The van der Waals surface area contributed by atoms with Crippen molar-refractivity contribution in [2.45, 2.75) is 24.2 Å². The van der Waals surface area contributed by atoms with E-state index in [-0.39, 0.29) is 17.4 Å². The van der Waals surface area contributed by atoms with Crippen LogP contribution in [-0.2, 0) is 5.33 Å². The lowest BCUT2D eigenvalue weighted by Crippen LogP contribution is -2.04. The van der Waals surface area contributed by atoms with Crippen molar-refractivity contribution in [2.75, 3.05) is 0 Å². The molecule has 1 saturated carbocycles. The molecule has 0 atom stereocenters. The Hall–Kier alpha value is -1.90. The summed E-state index contributed by atoms with van der Waals surface area (Å²) < 4.78 is 29.5. The van der Waals surface area contributed by atoms with E-state index in [2.05, 4.69) is 26.1 Å². The summed E-state index contributed by atoms with van der Waals surface area (Å²) in [4.78, 5) is 9.85. The maximum atomic E-state index is 14.3. The van der Waals surface area contributed by atoms with Crippen LogP contribution in [0, 0.1) is 21.7 Å². The van der Waals surface area contributed by atoms with E-state index >= 15 is 0 Å². The first kappa shape index (κ1) is 14.1. The van der Waals surface area contributed by atoms with Crippen molar-refractivity contribution in [3.8, 4) is 11.4 Å². The van der Waals surface area contributed by atoms with Crippen LogP contribution in [0.5, 0.6) is 0 Å². The minimum absolute atomic E-state index is 0.118. The monoisotopic (exact) mass is 358 g/mol. The Morgan fingerprint density at radius 1 is 1.38 bits per heavy atom. The fourth-order valence-electron chi connectivity index (χ4n) is 2.19. The lowest BCUT2D eigenvalue weighted by Gasteiger charge is -2.08. The molecule has 9 heteroatoms. The minimum Gasteiger partial charge on any atom is -0.307 e. The van der Waals surface area contributed by atoms with Crippen LogP contribution in [0.1, 0.15) is 24.7 Å². The van der Waals surface area contributed by atoms with Gasteiger partial charge >= 0.3 is 5.69 Å². The van der Waals surface area contributed by atoms with Crippen molar-refractivity contribution in [1.82, 2.24) is 14.8 Å². The highest BCUT2D eigenvalue weighted by molar-refractivity contribution is 9.08. The molecule has 1 aromatic heterocycles. The minimum atomic E-state index is -1.10. The maximum absolute atomic E-state index is 14.3. The molecule has 0 radical (unpaired) electrons. The Balaban J connectivity index is 2.21. The second kappa shape index (κ2) is 5.14. The number of benzene rings is 1. The Kier molecular flexibility index (Phi) is 3.44. The second-order valence-corrected chi connectivity index (χ2v) is 5.28. The van der Waals surface area contributed by atoms with Gasteiger partial charge < -0.3 is 4.57 Å². The number of nitro benzene ring substituents is 1. The van der Waals surface area contributed by atoms with E-state index in [0.29, 0.717) is 17.2 Å². The molecule has 2 aromatic rings. The molecule has 0 bridgehead atoms. The molecular weight excluding hydrogens is 350 g/mol. The van der Waals surface area contributed by atoms with Crippen LogP contribution in [0.3, 0.4) is 0 Å². The number of halogens is 3. The zero-order valence-electron chi connectivity index (χ0n) is 10.6. The molecular formula is C12H9BrF2N4O2. The molecule has 110 valence electrons. The van der Waals surface area contributed by atoms with Gasteiger partial charge in [-0.1, -0.05) is 15.9 Å². The van der Waals surface area contributed by atoms with Gasteiger partial charge in [-0.2, -0.15) is 4.39 Å². The van der Waals surface area contributed by atoms with Gasteiger partial charge in [-0.25, -0.2) is 4.39 Å². The zero-order valence-corrected chi connectivity index (χ0v) is 12.2. The first-order valence-electron chi connectivity index (χ1n) is 6.16. The van der Waals surface area contributed by atoms with Crippen molar-refractivity contribution < 1.29 is 13.7 Å². The summed E-state index contributed by atoms with van der Waals surface area (Å²) in [5.41, 5.74) is -1.15.